The van der Waals surface area contributed by atoms with Gasteiger partial charge in [0.1, 0.15) is 0 Å². The van der Waals surface area contributed by atoms with Crippen LogP contribution in [0.25, 0.3) is 0 Å². The third-order valence-corrected chi connectivity index (χ3v) is 11.4. The van der Waals surface area contributed by atoms with Gasteiger partial charge in [-0.25, -0.2) is 0 Å². The van der Waals surface area contributed by atoms with E-state index in [1.54, 1.807) is 0 Å². The van der Waals surface area contributed by atoms with Crippen molar-refractivity contribution in [2.45, 2.75) is 122 Å². The van der Waals surface area contributed by atoms with Crippen LogP contribution in [0.3, 0.4) is 0 Å². The molecule has 5 rings (SSSR count). The standard InChI is InChI=1S/C27H46O2/c1-4-26(28)14-11-20-19(17-26)5-6-22-21(20)10-12-25(3)23(7-8-24(22)25)18(2)9-13-27(29)15-16-27/h18-24,28-29H,4-17H2,1-3H3/t18?,19?,20?,21?,22?,23?,24?,25?,26-/m0/s1. The molecular formula is C27H46O2. The first-order valence-electron chi connectivity index (χ1n) is 13.2. The highest BCUT2D eigenvalue weighted by atomic mass is 16.3. The molecule has 29 heavy (non-hydrogen) atoms. The summed E-state index contributed by atoms with van der Waals surface area (Å²) in [6.45, 7) is 7.34. The highest BCUT2D eigenvalue weighted by molar-refractivity contribution is 5.08. The molecule has 166 valence electrons. The molecule has 0 saturated heterocycles. The minimum Gasteiger partial charge on any atom is -0.390 e. The highest BCUT2D eigenvalue weighted by Crippen LogP contribution is 2.66. The van der Waals surface area contributed by atoms with Crippen molar-refractivity contribution >= 4 is 0 Å². The third-order valence-electron chi connectivity index (χ3n) is 11.4. The normalized spacial score (nSPS) is 51.6. The Kier molecular flexibility index (Phi) is 5.18. The number of fused-ring (bicyclic) bond motifs is 5. The molecule has 0 radical (unpaired) electrons. The third kappa shape index (κ3) is 3.53. The summed E-state index contributed by atoms with van der Waals surface area (Å²) in [4.78, 5) is 0. The molecule has 0 bridgehead atoms. The van der Waals surface area contributed by atoms with Gasteiger partial charge in [0, 0.05) is 0 Å². The van der Waals surface area contributed by atoms with E-state index in [-0.39, 0.29) is 11.2 Å². The van der Waals surface area contributed by atoms with Crippen LogP contribution in [-0.2, 0) is 0 Å². The molecule has 2 nitrogen and oxygen atoms in total. The summed E-state index contributed by atoms with van der Waals surface area (Å²) in [5.41, 5.74) is -0.0697. The summed E-state index contributed by atoms with van der Waals surface area (Å²) in [7, 11) is 0. The number of hydrogen-bond donors (Lipinski definition) is 2. The average molecular weight is 403 g/mol. The van der Waals surface area contributed by atoms with Crippen LogP contribution in [0.2, 0.25) is 0 Å². The molecule has 0 aromatic carbocycles. The van der Waals surface area contributed by atoms with Crippen LogP contribution >= 0.6 is 0 Å². The molecule has 5 aliphatic rings. The van der Waals surface area contributed by atoms with Crippen molar-refractivity contribution in [2.24, 2.45) is 46.8 Å². The van der Waals surface area contributed by atoms with Crippen molar-refractivity contribution in [2.75, 3.05) is 0 Å². The lowest BCUT2D eigenvalue weighted by atomic mass is 9.48. The Labute approximate surface area is 179 Å². The lowest BCUT2D eigenvalue weighted by Gasteiger charge is -2.57. The molecule has 5 saturated carbocycles. The first kappa shape index (κ1) is 20.8. The number of rotatable bonds is 5. The van der Waals surface area contributed by atoms with E-state index in [0.29, 0.717) is 5.41 Å². The average Bonchev–Trinajstić information content (AvgIpc) is 3.34. The smallest absolute Gasteiger partial charge is 0.0650 e. The zero-order chi connectivity index (χ0) is 20.4. The van der Waals surface area contributed by atoms with Crippen molar-refractivity contribution in [3.63, 3.8) is 0 Å². The molecule has 0 aromatic rings. The second-order valence-electron chi connectivity index (χ2n) is 12.7. The summed E-state index contributed by atoms with van der Waals surface area (Å²) in [6.07, 6.45) is 17.4. The molecule has 0 spiro atoms. The Morgan fingerprint density at radius 3 is 2.31 bits per heavy atom. The largest absolute Gasteiger partial charge is 0.390 e. The second kappa shape index (κ2) is 7.22. The zero-order valence-corrected chi connectivity index (χ0v) is 19.3. The topological polar surface area (TPSA) is 40.5 Å². The van der Waals surface area contributed by atoms with Crippen LogP contribution in [0.5, 0.6) is 0 Å². The van der Waals surface area contributed by atoms with Gasteiger partial charge < -0.3 is 10.2 Å². The molecular weight excluding hydrogens is 356 g/mol. The van der Waals surface area contributed by atoms with Gasteiger partial charge in [-0.2, -0.15) is 0 Å². The van der Waals surface area contributed by atoms with E-state index < -0.39 is 0 Å². The highest BCUT2D eigenvalue weighted by Gasteiger charge is 2.58. The first-order chi connectivity index (χ1) is 13.8. The van der Waals surface area contributed by atoms with Crippen LogP contribution in [0, 0.1) is 46.8 Å². The van der Waals surface area contributed by atoms with E-state index in [2.05, 4.69) is 20.8 Å². The van der Waals surface area contributed by atoms with Gasteiger partial charge in [-0.3, -0.25) is 0 Å². The van der Waals surface area contributed by atoms with Gasteiger partial charge in [-0.15, -0.1) is 0 Å². The van der Waals surface area contributed by atoms with Gasteiger partial charge in [0.15, 0.2) is 0 Å². The summed E-state index contributed by atoms with van der Waals surface area (Å²) in [5, 5.41) is 21.2. The first-order valence-corrected chi connectivity index (χ1v) is 13.2. The minimum absolute atomic E-state index is 0.273. The van der Waals surface area contributed by atoms with E-state index >= 15 is 0 Å². The number of aliphatic hydroxyl groups is 2. The van der Waals surface area contributed by atoms with Crippen molar-refractivity contribution in [1.82, 2.24) is 0 Å². The molecule has 5 aliphatic carbocycles. The number of hydrogen-bond acceptors (Lipinski definition) is 2. The Bertz CT molecular complexity index is 612. The van der Waals surface area contributed by atoms with Crippen LogP contribution in [0.1, 0.15) is 111 Å². The van der Waals surface area contributed by atoms with Crippen molar-refractivity contribution in [3.05, 3.63) is 0 Å². The van der Waals surface area contributed by atoms with Crippen molar-refractivity contribution in [1.29, 1.82) is 0 Å². The van der Waals surface area contributed by atoms with Gasteiger partial charge in [0.05, 0.1) is 11.2 Å². The molecule has 2 N–H and O–H groups in total. The molecule has 0 aliphatic heterocycles. The van der Waals surface area contributed by atoms with E-state index in [4.69, 9.17) is 0 Å². The van der Waals surface area contributed by atoms with Crippen LogP contribution in [-0.4, -0.2) is 21.4 Å². The summed E-state index contributed by atoms with van der Waals surface area (Å²) in [5.74, 6) is 6.23. The van der Waals surface area contributed by atoms with Gasteiger partial charge in [-0.05, 0) is 137 Å². The predicted octanol–water partition coefficient (Wildman–Crippen LogP) is 6.34. The van der Waals surface area contributed by atoms with Gasteiger partial charge in [-0.1, -0.05) is 20.8 Å². The minimum atomic E-state index is -0.350. The van der Waals surface area contributed by atoms with Crippen LogP contribution in [0.15, 0.2) is 0 Å². The molecule has 0 amide bonds. The maximum atomic E-state index is 10.9. The van der Waals surface area contributed by atoms with Crippen molar-refractivity contribution < 1.29 is 10.2 Å². The fraction of sp³-hybridized carbons (Fsp3) is 1.00. The Balaban J connectivity index is 1.26. The molecule has 0 heterocycles. The van der Waals surface area contributed by atoms with Gasteiger partial charge >= 0.3 is 0 Å². The van der Waals surface area contributed by atoms with Crippen molar-refractivity contribution in [3.8, 4) is 0 Å². The fourth-order valence-corrected chi connectivity index (χ4v) is 9.35. The maximum Gasteiger partial charge on any atom is 0.0650 e. The van der Waals surface area contributed by atoms with E-state index in [9.17, 15) is 10.2 Å². The maximum absolute atomic E-state index is 10.9. The quantitative estimate of drug-likeness (QED) is 0.563. The van der Waals surface area contributed by atoms with E-state index in [0.717, 1.165) is 80.0 Å². The lowest BCUT2D eigenvalue weighted by Crippen LogP contribution is -2.51. The molecule has 5 fully saturated rings. The zero-order valence-electron chi connectivity index (χ0n) is 19.3. The summed E-state index contributed by atoms with van der Waals surface area (Å²) in [6, 6.07) is 0. The Hall–Kier alpha value is -0.0800. The Morgan fingerprint density at radius 2 is 1.59 bits per heavy atom. The lowest BCUT2D eigenvalue weighted by molar-refractivity contribution is -0.109. The Morgan fingerprint density at radius 1 is 0.828 bits per heavy atom. The fourth-order valence-electron chi connectivity index (χ4n) is 9.35. The molecule has 2 heteroatoms. The summed E-state index contributed by atoms with van der Waals surface area (Å²) >= 11 is 0. The molecule has 0 aromatic heterocycles. The SMILES string of the molecule is CC[C@]1(O)CCC2C(CCC3C2CCC2(C)C(C(C)CCC4(O)CC4)CCC32)C1. The van der Waals surface area contributed by atoms with Gasteiger partial charge in [0.2, 0.25) is 0 Å². The van der Waals surface area contributed by atoms with E-state index in [1.807, 2.05) is 0 Å². The van der Waals surface area contributed by atoms with Crippen LogP contribution < -0.4 is 0 Å². The van der Waals surface area contributed by atoms with E-state index in [1.165, 1.54) is 51.4 Å². The monoisotopic (exact) mass is 402 g/mol. The summed E-state index contributed by atoms with van der Waals surface area (Å²) < 4.78 is 0. The molecule has 9 atom stereocenters. The molecule has 8 unspecified atom stereocenters. The van der Waals surface area contributed by atoms with Gasteiger partial charge in [0.25, 0.3) is 0 Å². The second-order valence-corrected chi connectivity index (χ2v) is 12.7. The predicted molar refractivity (Wildman–Crippen MR) is 118 cm³/mol. The van der Waals surface area contributed by atoms with Crippen LogP contribution in [0.4, 0.5) is 0 Å².